The number of hydrogen-bond donors (Lipinski definition) is 0. The summed E-state index contributed by atoms with van der Waals surface area (Å²) in [6, 6.07) is 12.8. The summed E-state index contributed by atoms with van der Waals surface area (Å²) in [6.45, 7) is 6.24. The molecule has 0 bridgehead atoms. The third kappa shape index (κ3) is 4.38. The molecule has 7 nitrogen and oxygen atoms in total. The highest BCUT2D eigenvalue weighted by atomic mass is 32.2. The molecule has 2 atom stereocenters. The van der Waals surface area contributed by atoms with Crippen LogP contribution in [0.25, 0.3) is 0 Å². The van der Waals surface area contributed by atoms with E-state index in [2.05, 4.69) is 21.9 Å². The maximum atomic E-state index is 13.7. The van der Waals surface area contributed by atoms with Gasteiger partial charge in [0.25, 0.3) is 0 Å². The predicted octanol–water partition coefficient (Wildman–Crippen LogP) is 2.07. The van der Waals surface area contributed by atoms with Gasteiger partial charge < -0.3 is 9.64 Å². The van der Waals surface area contributed by atoms with E-state index in [0.717, 1.165) is 18.8 Å². The van der Waals surface area contributed by atoms with Crippen molar-refractivity contribution in [3.05, 3.63) is 53.6 Å². The Bertz CT molecular complexity index is 1190. The number of hydrogen-bond acceptors (Lipinski definition) is 7. The Hall–Kier alpha value is -2.10. The first kappa shape index (κ1) is 23.1. The molecule has 0 N–H and O–H groups in total. The zero-order chi connectivity index (χ0) is 23.1. The molecular weight excluding hydrogens is 448 g/mol. The van der Waals surface area contributed by atoms with E-state index in [9.17, 15) is 16.8 Å². The van der Waals surface area contributed by atoms with Gasteiger partial charge in [-0.05, 0) is 49.2 Å². The molecule has 0 aliphatic carbocycles. The van der Waals surface area contributed by atoms with Crippen LogP contribution in [0.4, 0.5) is 5.69 Å². The smallest absolute Gasteiger partial charge is 0.184 e. The zero-order valence-corrected chi connectivity index (χ0v) is 20.3. The second kappa shape index (κ2) is 8.68. The lowest BCUT2D eigenvalue weighted by Gasteiger charge is -2.40. The third-order valence-corrected chi connectivity index (χ3v) is 10.8. The highest BCUT2D eigenvalue weighted by Gasteiger charge is 2.49. The van der Waals surface area contributed by atoms with Crippen LogP contribution in [-0.4, -0.2) is 77.8 Å². The van der Waals surface area contributed by atoms with Crippen molar-refractivity contribution in [3.63, 3.8) is 0 Å². The van der Waals surface area contributed by atoms with Crippen molar-refractivity contribution in [1.29, 1.82) is 0 Å². The van der Waals surface area contributed by atoms with Gasteiger partial charge in [-0.25, -0.2) is 16.8 Å². The average molecular weight is 479 g/mol. The van der Waals surface area contributed by atoms with Crippen LogP contribution < -0.4 is 9.64 Å². The minimum absolute atomic E-state index is 0.115. The van der Waals surface area contributed by atoms with E-state index in [1.54, 1.807) is 33.1 Å². The number of aryl methyl sites for hydroxylation is 2. The van der Waals surface area contributed by atoms with Crippen molar-refractivity contribution < 1.29 is 21.6 Å². The third-order valence-electron chi connectivity index (χ3n) is 6.57. The second-order valence-corrected chi connectivity index (χ2v) is 13.0. The van der Waals surface area contributed by atoms with E-state index in [4.69, 9.17) is 4.74 Å². The van der Waals surface area contributed by atoms with E-state index >= 15 is 0 Å². The van der Waals surface area contributed by atoms with Crippen LogP contribution in [-0.2, 0) is 19.7 Å². The normalized spacial score (nSPS) is 23.9. The highest BCUT2D eigenvalue weighted by molar-refractivity contribution is 7.96. The lowest BCUT2D eigenvalue weighted by Crippen LogP contribution is -2.55. The number of rotatable bonds is 5. The van der Waals surface area contributed by atoms with Crippen LogP contribution in [0.3, 0.4) is 0 Å². The SMILES string of the molecule is COc1cc(C)c(S(=O)(=O)[C@H]2CS(=O)(=O)C[C@@H]2N2CCN(c3ccccc3)CC2)cc1C. The minimum atomic E-state index is -3.84. The summed E-state index contributed by atoms with van der Waals surface area (Å²) < 4.78 is 57.9. The summed E-state index contributed by atoms with van der Waals surface area (Å²) in [6.07, 6.45) is 0. The molecule has 2 aliphatic heterocycles. The summed E-state index contributed by atoms with van der Waals surface area (Å²) >= 11 is 0. The molecule has 4 rings (SSSR count). The molecule has 2 aromatic rings. The topological polar surface area (TPSA) is 84.0 Å². The molecule has 0 radical (unpaired) electrons. The Morgan fingerprint density at radius 2 is 1.59 bits per heavy atom. The summed E-state index contributed by atoms with van der Waals surface area (Å²) in [5, 5.41) is -0.970. The molecule has 2 fully saturated rings. The number of methoxy groups -OCH3 is 1. The molecule has 2 aliphatic rings. The fourth-order valence-electron chi connectivity index (χ4n) is 4.84. The van der Waals surface area contributed by atoms with Crippen LogP contribution in [0, 0.1) is 13.8 Å². The lowest BCUT2D eigenvalue weighted by atomic mass is 10.1. The van der Waals surface area contributed by atoms with Crippen molar-refractivity contribution in [2.24, 2.45) is 0 Å². The highest BCUT2D eigenvalue weighted by Crippen LogP contribution is 2.34. The lowest BCUT2D eigenvalue weighted by molar-refractivity contribution is 0.201. The summed E-state index contributed by atoms with van der Waals surface area (Å²) in [4.78, 5) is 4.50. The molecule has 2 heterocycles. The summed E-state index contributed by atoms with van der Waals surface area (Å²) in [5.41, 5.74) is 2.41. The van der Waals surface area contributed by atoms with Crippen molar-refractivity contribution in [1.82, 2.24) is 4.90 Å². The molecule has 174 valence electrons. The van der Waals surface area contributed by atoms with Crippen LogP contribution in [0.5, 0.6) is 5.75 Å². The standard InChI is InChI=1S/C23H30N2O5S2/c1-17-14-22(18(2)13-21(17)30-3)32(28,29)23-16-31(26,27)15-20(23)25-11-9-24(10-12-25)19-7-5-4-6-8-19/h4-8,13-14,20,23H,9-12,15-16H2,1-3H3/t20-,23-/m0/s1. The van der Waals surface area contributed by atoms with Gasteiger partial charge in [-0.1, -0.05) is 18.2 Å². The molecule has 2 aromatic carbocycles. The number of piperazine rings is 1. The van der Waals surface area contributed by atoms with Gasteiger partial charge in [0.1, 0.15) is 5.75 Å². The quantitative estimate of drug-likeness (QED) is 0.651. The van der Waals surface area contributed by atoms with E-state index in [0.29, 0.717) is 30.0 Å². The van der Waals surface area contributed by atoms with Crippen LogP contribution >= 0.6 is 0 Å². The first-order valence-electron chi connectivity index (χ1n) is 10.8. The maximum absolute atomic E-state index is 13.7. The summed E-state index contributed by atoms with van der Waals surface area (Å²) in [7, 11) is -5.74. The van der Waals surface area contributed by atoms with Gasteiger partial charge in [0.2, 0.25) is 0 Å². The molecular formula is C23H30N2O5S2. The van der Waals surface area contributed by atoms with Crippen LogP contribution in [0.15, 0.2) is 47.4 Å². The molecule has 0 saturated carbocycles. The average Bonchev–Trinajstić information content (AvgIpc) is 3.12. The van der Waals surface area contributed by atoms with E-state index in [1.807, 2.05) is 18.2 Å². The van der Waals surface area contributed by atoms with Crippen molar-refractivity contribution >= 4 is 25.4 Å². The minimum Gasteiger partial charge on any atom is -0.496 e. The number of sulfone groups is 2. The second-order valence-electron chi connectivity index (χ2n) is 8.67. The van der Waals surface area contributed by atoms with Gasteiger partial charge in [0, 0.05) is 37.9 Å². The molecule has 0 aromatic heterocycles. The fourth-order valence-corrected chi connectivity index (χ4v) is 9.98. The van der Waals surface area contributed by atoms with Crippen molar-refractivity contribution in [2.45, 2.75) is 30.0 Å². The molecule has 0 unspecified atom stereocenters. The maximum Gasteiger partial charge on any atom is 0.184 e. The first-order chi connectivity index (χ1) is 15.1. The van der Waals surface area contributed by atoms with Gasteiger partial charge in [0.15, 0.2) is 19.7 Å². The predicted molar refractivity (Wildman–Crippen MR) is 126 cm³/mol. The van der Waals surface area contributed by atoms with Crippen molar-refractivity contribution in [2.75, 3.05) is 49.7 Å². The van der Waals surface area contributed by atoms with Gasteiger partial charge in [-0.2, -0.15) is 0 Å². The summed E-state index contributed by atoms with van der Waals surface area (Å²) in [5.74, 6) is 0.175. The molecule has 0 amide bonds. The first-order valence-corrected chi connectivity index (χ1v) is 14.1. The monoisotopic (exact) mass is 478 g/mol. The largest absolute Gasteiger partial charge is 0.496 e. The molecule has 0 spiro atoms. The van der Waals surface area contributed by atoms with Crippen LogP contribution in [0.2, 0.25) is 0 Å². The van der Waals surface area contributed by atoms with Gasteiger partial charge in [0.05, 0.1) is 28.8 Å². The Labute approximate surface area is 190 Å². The van der Waals surface area contributed by atoms with E-state index < -0.39 is 31.0 Å². The number of para-hydroxylation sites is 1. The Morgan fingerprint density at radius 1 is 0.938 bits per heavy atom. The number of anilines is 1. The Kier molecular flexibility index (Phi) is 6.26. The number of ether oxygens (including phenoxy) is 1. The molecule has 2 saturated heterocycles. The Morgan fingerprint density at radius 3 is 2.22 bits per heavy atom. The molecule has 9 heteroatoms. The zero-order valence-electron chi connectivity index (χ0n) is 18.7. The van der Waals surface area contributed by atoms with E-state index in [1.165, 1.54) is 0 Å². The Balaban J connectivity index is 1.60. The van der Waals surface area contributed by atoms with Crippen LogP contribution in [0.1, 0.15) is 11.1 Å². The van der Waals surface area contributed by atoms with Crippen molar-refractivity contribution in [3.8, 4) is 5.75 Å². The van der Waals surface area contributed by atoms with Gasteiger partial charge in [-0.3, -0.25) is 4.90 Å². The number of benzene rings is 2. The van der Waals surface area contributed by atoms with Gasteiger partial charge >= 0.3 is 0 Å². The fraction of sp³-hybridized carbons (Fsp3) is 0.478. The number of nitrogens with zero attached hydrogens (tertiary/aromatic N) is 2. The van der Waals surface area contributed by atoms with E-state index in [-0.39, 0.29) is 16.4 Å². The molecule has 32 heavy (non-hydrogen) atoms. The van der Waals surface area contributed by atoms with Gasteiger partial charge in [-0.15, -0.1) is 0 Å².